The van der Waals surface area contributed by atoms with Gasteiger partial charge in [-0.2, -0.15) is 13.2 Å². The second kappa shape index (κ2) is 12.9. The summed E-state index contributed by atoms with van der Waals surface area (Å²) in [5.41, 5.74) is 7.43. The van der Waals surface area contributed by atoms with E-state index in [9.17, 15) is 18.0 Å². The molecule has 43 heavy (non-hydrogen) atoms. The molecule has 4 rings (SSSR count). The van der Waals surface area contributed by atoms with Gasteiger partial charge in [0.15, 0.2) is 5.69 Å². The Morgan fingerprint density at radius 2 is 1.56 bits per heavy atom. The Labute approximate surface area is 260 Å². The summed E-state index contributed by atoms with van der Waals surface area (Å²) in [5, 5.41) is 0.0407. The second-order valence-electron chi connectivity index (χ2n) is 13.4. The SMILES string of the molecule is Bc1c(B)c(B)c(CN2CCC(CCOC(=O)N3[C@H](C)CN(c4cnc(C(F)(F)F)cn4)C[C@@H]3C)CC2(B)B)c(B)c1B. The molecule has 7 nitrogen and oxygen atoms in total. The van der Waals surface area contributed by atoms with E-state index >= 15 is 0 Å². The molecule has 1 amide bonds. The molecule has 0 radical (unpaired) electrons. The molecular weight excluding hydrogens is 547 g/mol. The van der Waals surface area contributed by atoms with Crippen LogP contribution in [0.25, 0.3) is 0 Å². The number of piperazine rings is 1. The summed E-state index contributed by atoms with van der Waals surface area (Å²) in [5.74, 6) is 0.847. The minimum Gasteiger partial charge on any atom is -0.449 e. The van der Waals surface area contributed by atoms with Crippen molar-refractivity contribution >= 4 is 94.1 Å². The molecule has 2 aliphatic rings. The van der Waals surface area contributed by atoms with Crippen molar-refractivity contribution in [3.63, 3.8) is 0 Å². The number of amides is 1. The number of benzene rings is 1. The minimum absolute atomic E-state index is 0.0407. The van der Waals surface area contributed by atoms with Crippen LogP contribution in [0.3, 0.4) is 0 Å². The third kappa shape index (κ3) is 7.29. The van der Waals surface area contributed by atoms with E-state index in [1.807, 2.05) is 18.7 Å². The van der Waals surface area contributed by atoms with Crippen LogP contribution in [0.4, 0.5) is 23.8 Å². The first-order valence-corrected chi connectivity index (χ1v) is 15.4. The summed E-state index contributed by atoms with van der Waals surface area (Å²) in [6, 6.07) is -0.382. The first-order chi connectivity index (χ1) is 20.0. The van der Waals surface area contributed by atoms with E-state index < -0.39 is 11.9 Å². The van der Waals surface area contributed by atoms with Crippen LogP contribution in [0, 0.1) is 5.92 Å². The van der Waals surface area contributed by atoms with E-state index in [1.165, 1.54) is 32.9 Å². The highest BCUT2D eigenvalue weighted by atomic mass is 19.4. The Morgan fingerprint density at radius 3 is 2.07 bits per heavy atom. The number of aromatic nitrogens is 2. The van der Waals surface area contributed by atoms with Gasteiger partial charge >= 0.3 is 12.3 Å². The summed E-state index contributed by atoms with van der Waals surface area (Å²) >= 11 is 0. The van der Waals surface area contributed by atoms with E-state index in [0.717, 1.165) is 44.7 Å². The highest BCUT2D eigenvalue weighted by Crippen LogP contribution is 2.31. The number of rotatable bonds is 6. The Balaban J connectivity index is 1.28. The third-order valence-corrected chi connectivity index (χ3v) is 10.1. The highest BCUT2D eigenvalue weighted by molar-refractivity contribution is 6.67. The van der Waals surface area contributed by atoms with E-state index in [0.29, 0.717) is 31.4 Å². The number of carbonyl (C=O) groups is 1. The van der Waals surface area contributed by atoms with Gasteiger partial charge in [0, 0.05) is 19.6 Å². The van der Waals surface area contributed by atoms with Crippen molar-refractivity contribution in [2.24, 2.45) is 5.92 Å². The van der Waals surface area contributed by atoms with Crippen LogP contribution in [0.2, 0.25) is 0 Å². The standard InChI is InChI=1S/C26H41B7F3N5O2/c1-13-10-39(18-9-37-17(8-38-18)26(34,35)36)11-14(2)41(13)24(42)43-6-4-15-3-5-40(25(32,33)7-15)12-16-19(27)21(29)23(31)22(30)20(16)28/h8-9,13-15H,3-7,10-12,27-33H2,1-2H3/t13-,14+,15?. The zero-order valence-electron chi connectivity index (χ0n) is 27.2. The Hall–Kier alpha value is -2.43. The van der Waals surface area contributed by atoms with Gasteiger partial charge in [-0.3, -0.25) is 4.90 Å². The Kier molecular flexibility index (Phi) is 10.0. The summed E-state index contributed by atoms with van der Waals surface area (Å²) in [6.07, 6.45) is -0.0228. The molecule has 1 aromatic carbocycles. The summed E-state index contributed by atoms with van der Waals surface area (Å²) < 4.78 is 44.4. The van der Waals surface area contributed by atoms with E-state index in [-0.39, 0.29) is 23.5 Å². The predicted octanol–water partition coefficient (Wildman–Crippen LogP) is -5.95. The average molecular weight is 588 g/mol. The third-order valence-electron chi connectivity index (χ3n) is 10.1. The largest absolute Gasteiger partial charge is 0.449 e. The molecule has 0 N–H and O–H groups in total. The molecule has 2 saturated heterocycles. The number of likely N-dealkylation sites (tertiary alicyclic amines) is 1. The predicted molar refractivity (Wildman–Crippen MR) is 186 cm³/mol. The molecule has 224 valence electrons. The molecule has 0 aliphatic carbocycles. The van der Waals surface area contributed by atoms with Crippen LogP contribution in [-0.4, -0.2) is 124 Å². The van der Waals surface area contributed by atoms with Gasteiger partial charge in [0.05, 0.1) is 31.1 Å². The van der Waals surface area contributed by atoms with Crippen molar-refractivity contribution in [2.75, 3.05) is 31.1 Å². The van der Waals surface area contributed by atoms with Crippen molar-refractivity contribution in [1.29, 1.82) is 0 Å². The van der Waals surface area contributed by atoms with Crippen LogP contribution in [-0.2, 0) is 17.5 Å². The summed E-state index contributed by atoms with van der Waals surface area (Å²) in [4.78, 5) is 26.8. The molecule has 1 unspecified atom stereocenters. The van der Waals surface area contributed by atoms with Crippen molar-refractivity contribution in [3.05, 3.63) is 23.7 Å². The second-order valence-corrected chi connectivity index (χ2v) is 13.4. The van der Waals surface area contributed by atoms with E-state index in [2.05, 4.69) is 69.8 Å². The maximum atomic E-state index is 13.1. The van der Waals surface area contributed by atoms with Crippen LogP contribution in [0.15, 0.2) is 12.4 Å². The van der Waals surface area contributed by atoms with Gasteiger partial charge < -0.3 is 14.5 Å². The average Bonchev–Trinajstić information content (AvgIpc) is 2.93. The van der Waals surface area contributed by atoms with E-state index in [4.69, 9.17) is 4.74 Å². The van der Waals surface area contributed by atoms with Crippen LogP contribution in [0.5, 0.6) is 0 Å². The maximum Gasteiger partial charge on any atom is 0.434 e. The van der Waals surface area contributed by atoms with Gasteiger partial charge in [0.1, 0.15) is 60.7 Å². The molecule has 1 aromatic heterocycles. The molecule has 2 aromatic rings. The molecule has 0 bridgehead atoms. The number of ether oxygens (including phenoxy) is 1. The first kappa shape index (κ1) is 33.5. The number of carbonyl (C=O) groups excluding carboxylic acids is 1. The van der Waals surface area contributed by atoms with Crippen LogP contribution < -0.4 is 32.2 Å². The topological polar surface area (TPSA) is 61.8 Å². The van der Waals surface area contributed by atoms with Crippen molar-refractivity contribution < 1.29 is 22.7 Å². The first-order valence-electron chi connectivity index (χ1n) is 15.4. The Bertz CT molecular complexity index is 1290. The summed E-state index contributed by atoms with van der Waals surface area (Å²) in [6.45, 7) is 7.04. The highest BCUT2D eigenvalue weighted by Gasteiger charge is 2.38. The smallest absolute Gasteiger partial charge is 0.434 e. The zero-order chi connectivity index (χ0) is 31.9. The van der Waals surface area contributed by atoms with Gasteiger partial charge in [-0.05, 0) is 56.5 Å². The maximum absolute atomic E-state index is 13.1. The lowest BCUT2D eigenvalue weighted by Gasteiger charge is -2.47. The Morgan fingerprint density at radius 1 is 0.977 bits per heavy atom. The lowest BCUT2D eigenvalue weighted by atomic mass is 9.54. The monoisotopic (exact) mass is 589 g/mol. The fraction of sp³-hybridized carbons (Fsp3) is 0.577. The number of alkyl halides is 3. The molecule has 3 atom stereocenters. The summed E-state index contributed by atoms with van der Waals surface area (Å²) in [7, 11) is 15.8. The number of halogens is 3. The van der Waals surface area contributed by atoms with Crippen molar-refractivity contribution in [1.82, 2.24) is 19.8 Å². The number of nitrogens with zero attached hydrogens (tertiary/aromatic N) is 5. The normalized spacial score (nSPS) is 22.9. The number of hydrogen-bond acceptors (Lipinski definition) is 6. The molecule has 0 spiro atoms. The van der Waals surface area contributed by atoms with Gasteiger partial charge in [-0.25, -0.2) is 14.8 Å². The van der Waals surface area contributed by atoms with Crippen LogP contribution in [0.1, 0.15) is 44.4 Å². The molecule has 17 heteroatoms. The molecule has 2 fully saturated rings. The van der Waals surface area contributed by atoms with Crippen molar-refractivity contribution in [2.45, 2.75) is 63.3 Å². The van der Waals surface area contributed by atoms with Gasteiger partial charge in [0.2, 0.25) is 0 Å². The fourth-order valence-electron chi connectivity index (χ4n) is 7.01. The van der Waals surface area contributed by atoms with Gasteiger partial charge in [0.25, 0.3) is 0 Å². The minimum atomic E-state index is -4.53. The fourth-order valence-corrected chi connectivity index (χ4v) is 7.01. The molecule has 3 heterocycles. The quantitative estimate of drug-likeness (QED) is 0.314. The number of hydrogen-bond donors (Lipinski definition) is 0. The molecular formula is C26H41B7F3N5O2. The van der Waals surface area contributed by atoms with Gasteiger partial charge in [-0.1, -0.05) is 10.9 Å². The molecule has 2 aliphatic heterocycles. The zero-order valence-corrected chi connectivity index (χ0v) is 27.2. The van der Waals surface area contributed by atoms with Crippen LogP contribution >= 0.6 is 0 Å². The number of piperidine rings is 1. The number of anilines is 1. The van der Waals surface area contributed by atoms with E-state index in [1.54, 1.807) is 4.90 Å². The van der Waals surface area contributed by atoms with Gasteiger partial charge in [-0.15, -0.1) is 16.4 Å². The lowest BCUT2D eigenvalue weighted by Crippen LogP contribution is -2.60. The van der Waals surface area contributed by atoms with Crippen molar-refractivity contribution in [3.8, 4) is 0 Å². The lowest BCUT2D eigenvalue weighted by molar-refractivity contribution is -0.141. The molecule has 0 saturated carbocycles.